The van der Waals surface area contributed by atoms with Crippen LogP contribution in [0.5, 0.6) is 17.2 Å². The van der Waals surface area contributed by atoms with Gasteiger partial charge < -0.3 is 76.5 Å². The Morgan fingerprint density at radius 3 is 1.25 bits per heavy atom. The smallest absolute Gasteiger partial charge is 0.352 e. The number of aromatic amines is 1. The van der Waals surface area contributed by atoms with Crippen molar-refractivity contribution in [3.8, 4) is 17.2 Å². The molecule has 0 aliphatic heterocycles. The number of hydrogen-bond acceptors (Lipinski definition) is 25. The number of carboxylic acids is 1. The molecule has 33 nitrogen and oxygen atoms in total. The predicted octanol–water partition coefficient (Wildman–Crippen LogP) is 13.0. The normalized spacial score (nSPS) is 7.73. The van der Waals surface area contributed by atoms with Crippen LogP contribution in [0.15, 0.2) is 91.1 Å². The number of hydrogen-bond donors (Lipinski definition) is 11. The van der Waals surface area contributed by atoms with Crippen LogP contribution in [-0.4, -0.2) is 81.1 Å². The van der Waals surface area contributed by atoms with Crippen molar-refractivity contribution in [2.45, 2.75) is 96.9 Å². The second kappa shape index (κ2) is 70.2. The number of aliphatic carboxylic acids is 1. The van der Waals surface area contributed by atoms with Gasteiger partial charge in [0.1, 0.15) is 45.2 Å². The molecule has 0 aliphatic rings. The van der Waals surface area contributed by atoms with E-state index in [2.05, 4.69) is 39.9 Å². The molecule has 0 amide bonds. The number of aromatic hydroxyl groups is 3. The summed E-state index contributed by atoms with van der Waals surface area (Å²) >= 11 is 16.5. The van der Waals surface area contributed by atoms with E-state index in [-0.39, 0.29) is 162 Å². The second-order valence-corrected chi connectivity index (χ2v) is 12.6. The number of nitro groups is 3. The number of aryl methyl sites for hydroxylation is 1. The quantitative estimate of drug-likeness (QED) is 0.0443. The molecule has 85 heavy (non-hydrogen) atoms. The average Bonchev–Trinajstić information content (AvgIpc) is 3.81. The van der Waals surface area contributed by atoms with Gasteiger partial charge in [-0.1, -0.05) is 123 Å². The zero-order valence-corrected chi connectivity index (χ0v) is 60.2. The van der Waals surface area contributed by atoms with Crippen LogP contribution in [0.2, 0.25) is 15.1 Å². The van der Waals surface area contributed by atoms with Crippen molar-refractivity contribution < 1.29 is 138 Å². The number of pyridine rings is 6. The third kappa shape index (κ3) is 55.4. The Labute approximate surface area is 583 Å². The molecule has 7 aromatic heterocycles. The van der Waals surface area contributed by atoms with Gasteiger partial charge in [0.05, 0.1) is 9.85 Å². The molecule has 0 saturated carbocycles. The first kappa shape index (κ1) is 107. The van der Waals surface area contributed by atoms with Crippen molar-refractivity contribution in [2.24, 2.45) is 5.34 Å². The van der Waals surface area contributed by atoms with Gasteiger partial charge in [-0.05, 0) is 31.2 Å². The van der Waals surface area contributed by atoms with E-state index in [1.165, 1.54) is 61.3 Å². The standard InChI is InChI=1S/C7H7N3O.2C5H4ClN3O2.C5H5ClN2.C5H5N3O3.C5H7N3O.C2H4O2.6C2H6.HNO2.2H2N.3Y/c1-4-9-6-5(11)2-3-8-7(6)10-4;6-4-1-2-7-5(3-4)8-9(10)11;6-3-1-2-8-5(7)4(3)9(10)11;6-4-1-2-8-5(7)3-4;6-5-4(8(10)11)3(9)1-2-7-5;6-4-3(9)1-2-8-5(4)7;1-2(3)4;6*1-2;2-1-3;;;;;/h2-3H,1H3,(H2,8,9,10,11);1-3H,(H,7,8);1-2H,(H2,7,8);1-3H,(H2,7,8);1-2H,(H3,6,7,9);1-2H,6H2,(H3,7,8,9);1H3,(H,3,4);6*1-2H3;(H,2,3);2*1H2;;;/q;;;;;;;;;;;;;;2*-1;;;/p-1. The summed E-state index contributed by atoms with van der Waals surface area (Å²) in [4.78, 5) is 74.7. The molecule has 39 heteroatoms. The Hall–Kier alpha value is -6.26. The van der Waals surface area contributed by atoms with Crippen molar-refractivity contribution in [3.05, 3.63) is 159 Å². The molecule has 471 valence electrons. The molecule has 0 atom stereocenters. The van der Waals surface area contributed by atoms with E-state index >= 15 is 0 Å². The average molecular weight is 1490 g/mol. The SMILES string of the molecule is CC.CC.CC.CC.CC.CC.CC(=O)O.Cc1nc2nccc(O)c2[nH]1.Nc1cc(Cl)ccn1.Nc1nccc(Cl)c1[N+](=O)[O-].Nc1nccc(O)c1N.Nc1nccc(O)c1[N+](=O)[O-].O=N[O-].O=[N+]([O-])Nc1cc(Cl)ccn1.[NH2-].[NH2-].[Y].[Y].[Y]. The third-order valence-corrected chi connectivity index (χ3v) is 7.13. The number of nitrogen functional groups attached to an aromatic ring is 5. The van der Waals surface area contributed by atoms with E-state index in [4.69, 9.17) is 93.7 Å². The number of halogens is 3. The van der Waals surface area contributed by atoms with E-state index < -0.39 is 32.3 Å². The summed E-state index contributed by atoms with van der Waals surface area (Å²) in [6.45, 7) is 26.9. The number of imidazole rings is 1. The maximum atomic E-state index is 10.2. The van der Waals surface area contributed by atoms with Gasteiger partial charge in [-0.25, -0.2) is 45.0 Å². The van der Waals surface area contributed by atoms with Crippen LogP contribution in [0, 0.1) is 47.4 Å². The van der Waals surface area contributed by atoms with Crippen LogP contribution >= 0.6 is 34.8 Å². The summed E-state index contributed by atoms with van der Waals surface area (Å²) in [5, 5.41) is 74.1. The van der Waals surface area contributed by atoms with Crippen molar-refractivity contribution in [1.82, 2.24) is 39.9 Å². The molecule has 3 radical (unpaired) electrons. The maximum Gasteiger partial charge on any atom is 0.352 e. The fourth-order valence-electron chi connectivity index (χ4n) is 3.75. The molecule has 7 rings (SSSR count). The minimum atomic E-state index is -0.833. The zero-order chi connectivity index (χ0) is 64.1. The first-order valence-electron chi connectivity index (χ1n) is 23.2. The first-order chi connectivity index (χ1) is 37.9. The van der Waals surface area contributed by atoms with Crippen molar-refractivity contribution in [2.75, 3.05) is 34.1 Å². The van der Waals surface area contributed by atoms with Crippen LogP contribution < -0.4 is 34.1 Å². The Balaban J connectivity index is -0.0000000704. The molecule has 0 saturated heterocycles. The van der Waals surface area contributed by atoms with Crippen LogP contribution in [0.1, 0.15) is 95.8 Å². The number of nitrogens with two attached hydrogens (primary N) is 7. The molecule has 0 aliphatic carbocycles. The largest absolute Gasteiger partial charge is 0.693 e. The minimum absolute atomic E-state index is 0. The van der Waals surface area contributed by atoms with Gasteiger partial charge in [-0.15, -0.1) is 5.34 Å². The van der Waals surface area contributed by atoms with Crippen molar-refractivity contribution in [3.63, 3.8) is 0 Å². The second-order valence-electron chi connectivity index (χ2n) is 11.3. The van der Waals surface area contributed by atoms with E-state index in [0.29, 0.717) is 27.0 Å². The number of anilines is 6. The summed E-state index contributed by atoms with van der Waals surface area (Å²) in [5.41, 5.74) is 28.3. The van der Waals surface area contributed by atoms with Gasteiger partial charge in [-0.3, -0.25) is 25.0 Å². The third-order valence-electron chi connectivity index (χ3n) is 6.36. The molecule has 0 bridgehead atoms. The molecule has 7 aromatic rings. The molecular weight excluding hydrogens is 1410 g/mol. The maximum absolute atomic E-state index is 10.2. The molecule has 20 N–H and O–H groups in total. The van der Waals surface area contributed by atoms with Gasteiger partial charge in [0.15, 0.2) is 22.2 Å². The molecule has 7 heterocycles. The molecular formula is C46H76Cl3N20O13Y3-3. The molecule has 0 unspecified atom stereocenters. The van der Waals surface area contributed by atoms with Crippen molar-refractivity contribution in [1.29, 1.82) is 0 Å². The van der Waals surface area contributed by atoms with Gasteiger partial charge in [0.2, 0.25) is 11.6 Å². The zero-order valence-electron chi connectivity index (χ0n) is 49.4. The molecule has 0 spiro atoms. The number of carboxylic acid groups (broad SMARTS) is 1. The van der Waals surface area contributed by atoms with Crippen LogP contribution in [0.4, 0.5) is 46.2 Å². The van der Waals surface area contributed by atoms with Gasteiger partial charge in [0.25, 0.3) is 5.97 Å². The Morgan fingerprint density at radius 1 is 0.588 bits per heavy atom. The molecule has 0 fully saturated rings. The molecule has 0 aromatic carbocycles. The topological polar surface area (TPSA) is 595 Å². The van der Waals surface area contributed by atoms with E-state index in [9.17, 15) is 35.4 Å². The van der Waals surface area contributed by atoms with E-state index in [0.717, 1.165) is 24.2 Å². The Kier molecular flexibility index (Phi) is 88.3. The summed E-state index contributed by atoms with van der Waals surface area (Å²) in [6.07, 6.45) is 8.37. The number of nitrogens with one attached hydrogen (secondary N) is 2. The van der Waals surface area contributed by atoms with Gasteiger partial charge >= 0.3 is 11.4 Å². The summed E-state index contributed by atoms with van der Waals surface area (Å²) in [7, 11) is 0. The summed E-state index contributed by atoms with van der Waals surface area (Å²) < 4.78 is 0. The van der Waals surface area contributed by atoms with Crippen LogP contribution in [-0.2, 0) is 103 Å². The van der Waals surface area contributed by atoms with Crippen LogP contribution in [0.3, 0.4) is 0 Å². The number of hydrazine groups is 1. The number of nitrogens with zero attached hydrogens (tertiary/aromatic N) is 11. The van der Waals surface area contributed by atoms with Crippen LogP contribution in [0.25, 0.3) is 23.5 Å². The fourth-order valence-corrected chi connectivity index (χ4v) is 4.30. The Bertz CT molecular complexity index is 2650. The van der Waals surface area contributed by atoms with Gasteiger partial charge in [0, 0.05) is 177 Å². The number of carbonyl (C=O) groups is 1. The van der Waals surface area contributed by atoms with Gasteiger partial charge in [-0.2, -0.15) is 0 Å². The number of H-pyrrole nitrogens is 1. The van der Waals surface area contributed by atoms with Crippen molar-refractivity contribution >= 4 is 98.1 Å². The number of fused-ring (bicyclic) bond motifs is 1. The minimum Gasteiger partial charge on any atom is -0.693 e. The monoisotopic (exact) mass is 1490 g/mol. The fraction of sp³-hybridized carbons (Fsp3) is 0.304. The predicted molar refractivity (Wildman–Crippen MR) is 327 cm³/mol. The number of rotatable bonds is 4. The Morgan fingerprint density at radius 2 is 0.941 bits per heavy atom. The van der Waals surface area contributed by atoms with E-state index in [1.54, 1.807) is 18.3 Å². The first-order valence-corrected chi connectivity index (χ1v) is 24.3. The summed E-state index contributed by atoms with van der Waals surface area (Å²) in [5.74, 6) is -0.0814. The number of aromatic nitrogens is 8. The van der Waals surface area contributed by atoms with E-state index in [1.807, 2.05) is 95.4 Å². The summed E-state index contributed by atoms with van der Waals surface area (Å²) in [6, 6.07) is 11.5.